The normalized spacial score (nSPS) is 39.0. The molecule has 0 amide bonds. The summed E-state index contributed by atoms with van der Waals surface area (Å²) in [5, 5.41) is 9.01. The Bertz CT molecular complexity index is 119. The third-order valence-electron chi connectivity index (χ3n) is 3.60. The zero-order valence-electron chi connectivity index (χ0n) is 7.13. The summed E-state index contributed by atoms with van der Waals surface area (Å²) in [5.41, 5.74) is 0. The second-order valence-electron chi connectivity index (χ2n) is 4.32. The lowest BCUT2D eigenvalue weighted by Crippen LogP contribution is -2.12. The molecule has 2 aliphatic rings. The van der Waals surface area contributed by atoms with Gasteiger partial charge in [-0.15, -0.1) is 0 Å². The molecular weight excluding hydrogens is 136 g/mol. The van der Waals surface area contributed by atoms with Crippen LogP contribution in [-0.4, -0.2) is 11.7 Å². The molecule has 1 nitrogen and oxygen atoms in total. The zero-order valence-corrected chi connectivity index (χ0v) is 7.13. The second-order valence-corrected chi connectivity index (χ2v) is 4.32. The van der Waals surface area contributed by atoms with Crippen LogP contribution in [-0.2, 0) is 0 Å². The van der Waals surface area contributed by atoms with E-state index in [1.165, 1.54) is 38.5 Å². The molecule has 0 saturated heterocycles. The Morgan fingerprint density at radius 1 is 1.00 bits per heavy atom. The van der Waals surface area contributed by atoms with Crippen LogP contribution in [0.5, 0.6) is 0 Å². The smallest absolute Gasteiger partial charge is 0.0459 e. The fourth-order valence-corrected chi connectivity index (χ4v) is 3.01. The molecule has 1 N–H and O–H groups in total. The molecule has 0 bridgehead atoms. The minimum atomic E-state index is 0.438. The van der Waals surface area contributed by atoms with E-state index in [0.29, 0.717) is 12.5 Å². The van der Waals surface area contributed by atoms with Gasteiger partial charge < -0.3 is 5.11 Å². The van der Waals surface area contributed by atoms with Crippen LogP contribution in [0.4, 0.5) is 0 Å². The van der Waals surface area contributed by atoms with Gasteiger partial charge in [0.15, 0.2) is 0 Å². The van der Waals surface area contributed by atoms with E-state index in [0.717, 1.165) is 11.8 Å². The third kappa shape index (κ3) is 1.44. The van der Waals surface area contributed by atoms with E-state index in [4.69, 9.17) is 5.11 Å². The predicted molar refractivity (Wildman–Crippen MR) is 45.3 cm³/mol. The number of hydrogen-bond acceptors (Lipinski definition) is 1. The Kier molecular flexibility index (Phi) is 2.17. The van der Waals surface area contributed by atoms with Crippen molar-refractivity contribution in [2.75, 3.05) is 6.61 Å². The van der Waals surface area contributed by atoms with Crippen molar-refractivity contribution in [3.05, 3.63) is 0 Å². The molecule has 0 aromatic carbocycles. The van der Waals surface area contributed by atoms with Crippen LogP contribution in [0.3, 0.4) is 0 Å². The molecule has 64 valence electrons. The van der Waals surface area contributed by atoms with E-state index in [1.807, 2.05) is 0 Å². The molecule has 2 atom stereocenters. The van der Waals surface area contributed by atoms with Gasteiger partial charge in [-0.05, 0) is 30.6 Å². The second kappa shape index (κ2) is 3.14. The molecule has 2 aliphatic carbocycles. The van der Waals surface area contributed by atoms with Gasteiger partial charge >= 0.3 is 0 Å². The van der Waals surface area contributed by atoms with Gasteiger partial charge in [0.25, 0.3) is 0 Å². The fraction of sp³-hybridized carbons (Fsp3) is 1.00. The van der Waals surface area contributed by atoms with E-state index in [-0.39, 0.29) is 0 Å². The summed E-state index contributed by atoms with van der Waals surface area (Å²) >= 11 is 0. The van der Waals surface area contributed by atoms with Crippen LogP contribution in [0.15, 0.2) is 0 Å². The summed E-state index contributed by atoms with van der Waals surface area (Å²) < 4.78 is 0. The van der Waals surface area contributed by atoms with Crippen LogP contribution in [0, 0.1) is 17.8 Å². The predicted octanol–water partition coefficient (Wildman–Crippen LogP) is 2.20. The molecular formula is C10H18O. The molecule has 2 rings (SSSR count). The van der Waals surface area contributed by atoms with Crippen molar-refractivity contribution in [2.45, 2.75) is 38.5 Å². The van der Waals surface area contributed by atoms with Crippen molar-refractivity contribution in [1.29, 1.82) is 0 Å². The first-order valence-electron chi connectivity index (χ1n) is 5.01. The summed E-state index contributed by atoms with van der Waals surface area (Å²) in [7, 11) is 0. The highest BCUT2D eigenvalue weighted by molar-refractivity contribution is 4.85. The standard InChI is InChI=1S/C10H18O/c11-7-8-5-9-3-1-2-4-10(9)6-8/h8-11H,1-7H2/t9-,10-/m0/s1. The van der Waals surface area contributed by atoms with Crippen molar-refractivity contribution in [3.63, 3.8) is 0 Å². The van der Waals surface area contributed by atoms with E-state index in [9.17, 15) is 0 Å². The van der Waals surface area contributed by atoms with Crippen LogP contribution < -0.4 is 0 Å². The summed E-state index contributed by atoms with van der Waals surface area (Å²) in [5.74, 6) is 2.63. The fourth-order valence-electron chi connectivity index (χ4n) is 3.01. The topological polar surface area (TPSA) is 20.2 Å². The van der Waals surface area contributed by atoms with E-state index in [1.54, 1.807) is 0 Å². The summed E-state index contributed by atoms with van der Waals surface area (Å²) in [4.78, 5) is 0. The Labute approximate surface area is 68.8 Å². The van der Waals surface area contributed by atoms with E-state index >= 15 is 0 Å². The number of rotatable bonds is 1. The lowest BCUT2D eigenvalue weighted by atomic mass is 9.82. The first kappa shape index (κ1) is 7.60. The summed E-state index contributed by atoms with van der Waals surface area (Å²) in [6, 6.07) is 0. The van der Waals surface area contributed by atoms with Gasteiger partial charge in [-0.25, -0.2) is 0 Å². The monoisotopic (exact) mass is 154 g/mol. The number of aliphatic hydroxyl groups excluding tert-OH is 1. The molecule has 0 spiro atoms. The molecule has 1 heteroatoms. The molecule has 0 aromatic heterocycles. The highest BCUT2D eigenvalue weighted by atomic mass is 16.3. The molecule has 0 aromatic rings. The maximum atomic E-state index is 9.01. The Hall–Kier alpha value is -0.0400. The van der Waals surface area contributed by atoms with Crippen LogP contribution in [0.25, 0.3) is 0 Å². The minimum absolute atomic E-state index is 0.438. The lowest BCUT2D eigenvalue weighted by molar-refractivity contribution is 0.225. The summed E-state index contributed by atoms with van der Waals surface area (Å²) in [6.45, 7) is 0.438. The van der Waals surface area contributed by atoms with Crippen LogP contribution in [0.2, 0.25) is 0 Å². The van der Waals surface area contributed by atoms with E-state index < -0.39 is 0 Å². The average molecular weight is 154 g/mol. The number of fused-ring (bicyclic) bond motifs is 1. The van der Waals surface area contributed by atoms with Gasteiger partial charge in [0.1, 0.15) is 0 Å². The molecule has 0 aliphatic heterocycles. The van der Waals surface area contributed by atoms with Crippen molar-refractivity contribution in [1.82, 2.24) is 0 Å². The summed E-state index contributed by atoms with van der Waals surface area (Å²) in [6.07, 6.45) is 8.42. The Balaban J connectivity index is 1.92. The van der Waals surface area contributed by atoms with E-state index in [2.05, 4.69) is 0 Å². The maximum absolute atomic E-state index is 9.01. The lowest BCUT2D eigenvalue weighted by Gasteiger charge is -2.24. The SMILES string of the molecule is OCC1C[C@@H]2CCCC[C@H]2C1. The van der Waals surface area contributed by atoms with Gasteiger partial charge in [0.2, 0.25) is 0 Å². The highest BCUT2D eigenvalue weighted by Gasteiger charge is 2.34. The quantitative estimate of drug-likeness (QED) is 0.614. The van der Waals surface area contributed by atoms with Crippen molar-refractivity contribution in [3.8, 4) is 0 Å². The zero-order chi connectivity index (χ0) is 7.68. The Morgan fingerprint density at radius 2 is 1.55 bits per heavy atom. The molecule has 2 saturated carbocycles. The molecule has 11 heavy (non-hydrogen) atoms. The van der Waals surface area contributed by atoms with Gasteiger partial charge in [0, 0.05) is 6.61 Å². The first-order chi connectivity index (χ1) is 5.40. The average Bonchev–Trinajstić information content (AvgIpc) is 2.46. The van der Waals surface area contributed by atoms with Gasteiger partial charge in [-0.3, -0.25) is 0 Å². The van der Waals surface area contributed by atoms with Crippen LogP contribution in [0.1, 0.15) is 38.5 Å². The molecule has 2 fully saturated rings. The van der Waals surface area contributed by atoms with Gasteiger partial charge in [0.05, 0.1) is 0 Å². The van der Waals surface area contributed by atoms with Crippen LogP contribution >= 0.6 is 0 Å². The third-order valence-corrected chi connectivity index (χ3v) is 3.60. The van der Waals surface area contributed by atoms with Crippen molar-refractivity contribution >= 4 is 0 Å². The highest BCUT2D eigenvalue weighted by Crippen LogP contribution is 2.44. The van der Waals surface area contributed by atoms with Gasteiger partial charge in [-0.2, -0.15) is 0 Å². The molecule has 0 unspecified atom stereocenters. The Morgan fingerprint density at radius 3 is 2.00 bits per heavy atom. The minimum Gasteiger partial charge on any atom is -0.396 e. The van der Waals surface area contributed by atoms with Crippen molar-refractivity contribution < 1.29 is 5.11 Å². The maximum Gasteiger partial charge on any atom is 0.0459 e. The molecule has 0 heterocycles. The van der Waals surface area contributed by atoms with Crippen molar-refractivity contribution in [2.24, 2.45) is 17.8 Å². The largest absolute Gasteiger partial charge is 0.396 e. The van der Waals surface area contributed by atoms with Gasteiger partial charge in [-0.1, -0.05) is 25.7 Å². The number of aliphatic hydroxyl groups is 1. The molecule has 0 radical (unpaired) electrons. The number of hydrogen-bond donors (Lipinski definition) is 1. The first-order valence-corrected chi connectivity index (χ1v) is 5.01.